The van der Waals surface area contributed by atoms with E-state index in [1.807, 2.05) is 18.2 Å². The summed E-state index contributed by atoms with van der Waals surface area (Å²) in [6, 6.07) is 7.01. The van der Waals surface area contributed by atoms with Crippen molar-refractivity contribution in [2.24, 2.45) is 0 Å². The number of carbonyl (C=O) groups is 1. The van der Waals surface area contributed by atoms with Gasteiger partial charge in [-0.2, -0.15) is 5.10 Å². The molecule has 2 aliphatic rings. The molecule has 10 heteroatoms. The predicted octanol–water partition coefficient (Wildman–Crippen LogP) is 2.76. The lowest BCUT2D eigenvalue weighted by molar-refractivity contribution is 0.0644. The predicted molar refractivity (Wildman–Crippen MR) is 102 cm³/mol. The van der Waals surface area contributed by atoms with Crippen molar-refractivity contribution in [1.29, 1.82) is 0 Å². The molecular weight excluding hydrogens is 394 g/mol. The van der Waals surface area contributed by atoms with E-state index in [0.717, 1.165) is 29.7 Å². The molecule has 5 heterocycles. The summed E-state index contributed by atoms with van der Waals surface area (Å²) in [5.41, 5.74) is 3.29. The molecule has 1 saturated carbocycles. The number of pyridine rings is 1. The number of halogens is 1. The van der Waals surface area contributed by atoms with E-state index in [-0.39, 0.29) is 11.8 Å². The number of aromatic nitrogens is 6. The first-order valence-corrected chi connectivity index (χ1v) is 9.87. The molecule has 1 N–H and O–H groups in total. The minimum absolute atomic E-state index is 0.0117. The second kappa shape index (κ2) is 6.15. The van der Waals surface area contributed by atoms with Crippen molar-refractivity contribution < 1.29 is 9.21 Å². The van der Waals surface area contributed by atoms with Gasteiger partial charge in [-0.3, -0.25) is 4.79 Å². The van der Waals surface area contributed by atoms with E-state index in [1.165, 1.54) is 0 Å². The zero-order valence-corrected chi connectivity index (χ0v) is 16.0. The fourth-order valence-corrected chi connectivity index (χ4v) is 4.08. The van der Waals surface area contributed by atoms with E-state index in [1.54, 1.807) is 21.8 Å². The maximum atomic E-state index is 13.3. The molecule has 1 amide bonds. The molecule has 29 heavy (non-hydrogen) atoms. The smallest absolute Gasteiger partial charge is 0.312 e. The highest BCUT2D eigenvalue weighted by atomic mass is 35.5. The SMILES string of the molecule is O=C(c1nnc(C2CC2)o1)N1CCc2[nH]cnc2C1c1cc2cccc(Cl)n2n1. The van der Waals surface area contributed by atoms with E-state index in [0.29, 0.717) is 35.6 Å². The number of hydrogen-bond donors (Lipinski definition) is 1. The Morgan fingerprint density at radius 2 is 2.17 bits per heavy atom. The fraction of sp³-hybridized carbons (Fsp3) is 0.316. The van der Waals surface area contributed by atoms with E-state index < -0.39 is 6.04 Å². The number of amides is 1. The lowest BCUT2D eigenvalue weighted by Gasteiger charge is -2.32. The van der Waals surface area contributed by atoms with Crippen LogP contribution in [0.1, 0.15) is 58.5 Å². The van der Waals surface area contributed by atoms with Crippen LogP contribution in [0.5, 0.6) is 0 Å². The van der Waals surface area contributed by atoms with Crippen molar-refractivity contribution in [1.82, 2.24) is 34.7 Å². The van der Waals surface area contributed by atoms with Gasteiger partial charge < -0.3 is 14.3 Å². The Morgan fingerprint density at radius 1 is 1.28 bits per heavy atom. The molecule has 1 aliphatic heterocycles. The van der Waals surface area contributed by atoms with Crippen molar-refractivity contribution in [2.45, 2.75) is 31.2 Å². The van der Waals surface area contributed by atoms with Crippen molar-refractivity contribution in [3.63, 3.8) is 0 Å². The number of hydrogen-bond acceptors (Lipinski definition) is 6. The van der Waals surface area contributed by atoms with Gasteiger partial charge >= 0.3 is 11.8 Å². The largest absolute Gasteiger partial charge is 0.417 e. The van der Waals surface area contributed by atoms with Gasteiger partial charge in [0.2, 0.25) is 5.89 Å². The maximum Gasteiger partial charge on any atom is 0.312 e. The third-order valence-corrected chi connectivity index (χ3v) is 5.76. The number of nitrogens with one attached hydrogen (secondary N) is 1. The Morgan fingerprint density at radius 3 is 3.00 bits per heavy atom. The Kier molecular flexibility index (Phi) is 3.55. The van der Waals surface area contributed by atoms with Crippen LogP contribution in [0.3, 0.4) is 0 Å². The van der Waals surface area contributed by atoms with E-state index in [2.05, 4.69) is 25.3 Å². The standard InChI is InChI=1S/C19H16ClN7O2/c20-14-3-1-2-11-8-13(25-27(11)14)16-15-12(21-9-22-15)6-7-26(16)19(28)18-24-23-17(29-18)10-4-5-10/h1-3,8-10,16H,4-7H2,(H,21,22). The lowest BCUT2D eigenvalue weighted by Crippen LogP contribution is -2.41. The minimum Gasteiger partial charge on any atom is -0.417 e. The first-order valence-electron chi connectivity index (χ1n) is 9.50. The molecule has 9 nitrogen and oxygen atoms in total. The van der Waals surface area contributed by atoms with E-state index >= 15 is 0 Å². The molecule has 0 spiro atoms. The summed E-state index contributed by atoms with van der Waals surface area (Å²) in [5, 5.41) is 13.2. The average molecular weight is 410 g/mol. The molecule has 146 valence electrons. The number of imidazole rings is 1. The van der Waals surface area contributed by atoms with Gasteiger partial charge in [0.1, 0.15) is 11.2 Å². The monoisotopic (exact) mass is 409 g/mol. The van der Waals surface area contributed by atoms with Gasteiger partial charge in [0, 0.05) is 24.6 Å². The Labute approximate surface area is 169 Å². The molecule has 0 radical (unpaired) electrons. The van der Waals surface area contributed by atoms with Crippen LogP contribution in [-0.2, 0) is 6.42 Å². The van der Waals surface area contributed by atoms with E-state index in [9.17, 15) is 4.79 Å². The van der Waals surface area contributed by atoms with Crippen LogP contribution < -0.4 is 0 Å². The van der Waals surface area contributed by atoms with E-state index in [4.69, 9.17) is 16.0 Å². The molecule has 1 atom stereocenters. The molecule has 0 bridgehead atoms. The molecule has 1 unspecified atom stereocenters. The Balaban J connectivity index is 1.44. The van der Waals surface area contributed by atoms with Crippen molar-refractivity contribution in [3.8, 4) is 0 Å². The first kappa shape index (κ1) is 16.7. The maximum absolute atomic E-state index is 13.3. The number of nitrogens with zero attached hydrogens (tertiary/aromatic N) is 6. The summed E-state index contributed by atoms with van der Waals surface area (Å²) in [5.74, 6) is 0.533. The lowest BCUT2D eigenvalue weighted by atomic mass is 9.99. The second-order valence-corrected chi connectivity index (χ2v) is 7.78. The molecule has 0 saturated heterocycles. The summed E-state index contributed by atoms with van der Waals surface area (Å²) in [4.78, 5) is 22.6. The number of rotatable bonds is 3. The fourth-order valence-electron chi connectivity index (χ4n) is 3.87. The van der Waals surface area contributed by atoms with Crippen LogP contribution in [0.4, 0.5) is 0 Å². The highest BCUT2D eigenvalue weighted by molar-refractivity contribution is 6.29. The molecule has 4 aromatic rings. The van der Waals surface area contributed by atoms with Crippen molar-refractivity contribution >= 4 is 23.0 Å². The summed E-state index contributed by atoms with van der Waals surface area (Å²) in [6.07, 6.45) is 4.36. The summed E-state index contributed by atoms with van der Waals surface area (Å²) in [7, 11) is 0. The van der Waals surface area contributed by atoms with Crippen LogP contribution in [0.2, 0.25) is 5.15 Å². The van der Waals surface area contributed by atoms with Gasteiger partial charge in [-0.25, -0.2) is 9.50 Å². The number of fused-ring (bicyclic) bond motifs is 2. The summed E-state index contributed by atoms with van der Waals surface area (Å²) < 4.78 is 7.32. The van der Waals surface area contributed by atoms with Gasteiger partial charge in [0.05, 0.1) is 23.2 Å². The second-order valence-electron chi connectivity index (χ2n) is 7.39. The van der Waals surface area contributed by atoms with Crippen LogP contribution in [0.25, 0.3) is 5.52 Å². The van der Waals surface area contributed by atoms with Gasteiger partial charge in [0.15, 0.2) is 0 Å². The zero-order chi connectivity index (χ0) is 19.5. The highest BCUT2D eigenvalue weighted by Crippen LogP contribution is 2.39. The Hall–Kier alpha value is -3.20. The molecule has 4 aromatic heterocycles. The quantitative estimate of drug-likeness (QED) is 0.521. The Bertz CT molecular complexity index is 1240. The molecular formula is C19H16ClN7O2. The molecule has 1 aliphatic carbocycles. The third-order valence-electron chi connectivity index (χ3n) is 5.48. The van der Waals surface area contributed by atoms with Crippen LogP contribution in [0, 0.1) is 0 Å². The van der Waals surface area contributed by atoms with Crippen molar-refractivity contribution in [3.05, 3.63) is 64.6 Å². The van der Waals surface area contributed by atoms with Gasteiger partial charge in [-0.15, -0.1) is 10.2 Å². The molecule has 6 rings (SSSR count). The first-order chi connectivity index (χ1) is 14.2. The normalized spacial score (nSPS) is 18.9. The van der Waals surface area contributed by atoms with Gasteiger partial charge in [0.25, 0.3) is 0 Å². The number of aromatic amines is 1. The van der Waals surface area contributed by atoms with Gasteiger partial charge in [-0.05, 0) is 31.0 Å². The average Bonchev–Trinajstić information content (AvgIpc) is 3.13. The summed E-state index contributed by atoms with van der Waals surface area (Å²) >= 11 is 6.29. The number of carbonyl (C=O) groups excluding carboxylic acids is 1. The van der Waals surface area contributed by atoms with Crippen LogP contribution in [0.15, 0.2) is 35.0 Å². The van der Waals surface area contributed by atoms with Crippen molar-refractivity contribution in [2.75, 3.05) is 6.54 Å². The summed E-state index contributed by atoms with van der Waals surface area (Å²) in [6.45, 7) is 0.488. The van der Waals surface area contributed by atoms with Gasteiger partial charge in [-0.1, -0.05) is 17.7 Å². The van der Waals surface area contributed by atoms with Crippen LogP contribution >= 0.6 is 11.6 Å². The van der Waals surface area contributed by atoms with Crippen LogP contribution in [-0.4, -0.2) is 47.1 Å². The molecule has 0 aromatic carbocycles. The zero-order valence-electron chi connectivity index (χ0n) is 15.2. The molecule has 1 fully saturated rings. The number of H-pyrrole nitrogens is 1. The topological polar surface area (TPSA) is 105 Å². The highest BCUT2D eigenvalue weighted by Gasteiger charge is 2.39. The minimum atomic E-state index is -0.468. The third kappa shape index (κ3) is 2.65.